The van der Waals surface area contributed by atoms with Crippen LogP contribution in [0.2, 0.25) is 0 Å². The van der Waals surface area contributed by atoms with Crippen LogP contribution in [0.1, 0.15) is 23.0 Å². The Morgan fingerprint density at radius 2 is 2.16 bits per heavy atom. The first-order chi connectivity index (χ1) is 9.16. The van der Waals surface area contributed by atoms with Gasteiger partial charge in [0, 0.05) is 41.8 Å². The number of nitrogens with zero attached hydrogens (tertiary/aromatic N) is 1. The SMILES string of the molecule is CC(=O)c1cc(N)ccc1NCCc1ccccn1. The van der Waals surface area contributed by atoms with Gasteiger partial charge in [-0.15, -0.1) is 0 Å². The average molecular weight is 255 g/mol. The highest BCUT2D eigenvalue weighted by Gasteiger charge is 2.07. The van der Waals surface area contributed by atoms with Crippen molar-refractivity contribution >= 4 is 17.2 Å². The maximum atomic E-state index is 11.5. The number of hydrogen-bond acceptors (Lipinski definition) is 4. The highest BCUT2D eigenvalue weighted by molar-refractivity contribution is 6.00. The highest BCUT2D eigenvalue weighted by Crippen LogP contribution is 2.19. The summed E-state index contributed by atoms with van der Waals surface area (Å²) in [4.78, 5) is 15.8. The summed E-state index contributed by atoms with van der Waals surface area (Å²) >= 11 is 0. The molecule has 0 radical (unpaired) electrons. The molecule has 1 heterocycles. The molecular formula is C15H17N3O. The van der Waals surface area contributed by atoms with Crippen molar-refractivity contribution in [3.8, 4) is 0 Å². The van der Waals surface area contributed by atoms with Gasteiger partial charge in [0.2, 0.25) is 0 Å². The number of ketones is 1. The quantitative estimate of drug-likeness (QED) is 0.636. The van der Waals surface area contributed by atoms with E-state index in [9.17, 15) is 4.79 Å². The number of nitrogens with one attached hydrogen (secondary N) is 1. The molecule has 0 amide bonds. The fourth-order valence-electron chi connectivity index (χ4n) is 1.88. The van der Waals surface area contributed by atoms with Gasteiger partial charge in [-0.2, -0.15) is 0 Å². The lowest BCUT2D eigenvalue weighted by atomic mass is 10.1. The van der Waals surface area contributed by atoms with E-state index in [1.165, 1.54) is 0 Å². The van der Waals surface area contributed by atoms with Gasteiger partial charge < -0.3 is 11.1 Å². The van der Waals surface area contributed by atoms with Crippen LogP contribution in [-0.2, 0) is 6.42 Å². The number of nitrogen functional groups attached to an aromatic ring is 1. The average Bonchev–Trinajstić information content (AvgIpc) is 2.41. The van der Waals surface area contributed by atoms with E-state index in [4.69, 9.17) is 5.73 Å². The number of carbonyl (C=O) groups is 1. The summed E-state index contributed by atoms with van der Waals surface area (Å²) < 4.78 is 0. The van der Waals surface area contributed by atoms with E-state index in [1.807, 2.05) is 24.3 Å². The molecule has 0 aliphatic rings. The van der Waals surface area contributed by atoms with Crippen LogP contribution in [0, 0.1) is 0 Å². The van der Waals surface area contributed by atoms with Gasteiger partial charge in [0.05, 0.1) is 0 Å². The zero-order chi connectivity index (χ0) is 13.7. The number of Topliss-reactive ketones (excluding diaryl/α,β-unsaturated/α-hetero) is 1. The topological polar surface area (TPSA) is 68.0 Å². The maximum Gasteiger partial charge on any atom is 0.161 e. The second kappa shape index (κ2) is 6.00. The van der Waals surface area contributed by atoms with Crippen molar-refractivity contribution in [1.29, 1.82) is 0 Å². The van der Waals surface area contributed by atoms with Crippen LogP contribution in [-0.4, -0.2) is 17.3 Å². The summed E-state index contributed by atoms with van der Waals surface area (Å²) in [6.45, 7) is 2.26. The van der Waals surface area contributed by atoms with E-state index in [2.05, 4.69) is 10.3 Å². The van der Waals surface area contributed by atoms with Crippen molar-refractivity contribution in [1.82, 2.24) is 4.98 Å². The summed E-state index contributed by atoms with van der Waals surface area (Å²) in [7, 11) is 0. The molecule has 0 spiro atoms. The Morgan fingerprint density at radius 3 is 2.84 bits per heavy atom. The lowest BCUT2D eigenvalue weighted by molar-refractivity contribution is 0.101. The number of hydrogen-bond donors (Lipinski definition) is 2. The Labute approximate surface area is 112 Å². The van der Waals surface area contributed by atoms with Crippen molar-refractivity contribution in [2.45, 2.75) is 13.3 Å². The molecule has 0 aliphatic heterocycles. The van der Waals surface area contributed by atoms with E-state index in [0.717, 1.165) is 24.3 Å². The van der Waals surface area contributed by atoms with Gasteiger partial charge in [0.1, 0.15) is 0 Å². The van der Waals surface area contributed by atoms with Crippen LogP contribution in [0.25, 0.3) is 0 Å². The number of rotatable bonds is 5. The summed E-state index contributed by atoms with van der Waals surface area (Å²) in [6, 6.07) is 11.2. The normalized spacial score (nSPS) is 10.2. The number of aromatic nitrogens is 1. The number of anilines is 2. The van der Waals surface area contributed by atoms with Crippen molar-refractivity contribution < 1.29 is 4.79 Å². The van der Waals surface area contributed by atoms with Crippen molar-refractivity contribution in [2.24, 2.45) is 0 Å². The molecule has 0 bridgehead atoms. The molecule has 0 saturated carbocycles. The van der Waals surface area contributed by atoms with Gasteiger partial charge in [-0.3, -0.25) is 9.78 Å². The van der Waals surface area contributed by atoms with Crippen LogP contribution in [0.3, 0.4) is 0 Å². The summed E-state index contributed by atoms with van der Waals surface area (Å²) in [5.74, 6) is 0.00707. The van der Waals surface area contributed by atoms with Gasteiger partial charge in [0.15, 0.2) is 5.78 Å². The molecule has 2 rings (SSSR count). The highest BCUT2D eigenvalue weighted by atomic mass is 16.1. The summed E-state index contributed by atoms with van der Waals surface area (Å²) in [5, 5.41) is 3.25. The molecule has 0 unspecified atom stereocenters. The van der Waals surface area contributed by atoms with Gasteiger partial charge >= 0.3 is 0 Å². The molecule has 4 nitrogen and oxygen atoms in total. The second-order valence-electron chi connectivity index (χ2n) is 4.36. The fraction of sp³-hybridized carbons (Fsp3) is 0.200. The minimum absolute atomic E-state index is 0.00707. The van der Waals surface area contributed by atoms with Crippen LogP contribution >= 0.6 is 0 Å². The predicted octanol–water partition coefficient (Wildman–Crippen LogP) is 2.52. The number of carbonyl (C=O) groups excluding carboxylic acids is 1. The third-order valence-electron chi connectivity index (χ3n) is 2.85. The predicted molar refractivity (Wildman–Crippen MR) is 77.3 cm³/mol. The molecular weight excluding hydrogens is 238 g/mol. The van der Waals surface area contributed by atoms with E-state index >= 15 is 0 Å². The lowest BCUT2D eigenvalue weighted by Gasteiger charge is -2.10. The monoisotopic (exact) mass is 255 g/mol. The molecule has 98 valence electrons. The minimum Gasteiger partial charge on any atom is -0.399 e. The van der Waals surface area contributed by atoms with Crippen LogP contribution < -0.4 is 11.1 Å². The lowest BCUT2D eigenvalue weighted by Crippen LogP contribution is -2.09. The van der Waals surface area contributed by atoms with E-state index < -0.39 is 0 Å². The van der Waals surface area contributed by atoms with E-state index in [0.29, 0.717) is 11.3 Å². The van der Waals surface area contributed by atoms with Crippen LogP contribution in [0.15, 0.2) is 42.6 Å². The first-order valence-corrected chi connectivity index (χ1v) is 6.21. The van der Waals surface area contributed by atoms with Gasteiger partial charge in [-0.05, 0) is 37.3 Å². The minimum atomic E-state index is 0.00707. The van der Waals surface area contributed by atoms with E-state index in [1.54, 1.807) is 25.3 Å². The van der Waals surface area contributed by atoms with Gasteiger partial charge in [-0.25, -0.2) is 0 Å². The standard InChI is InChI=1S/C15H17N3O/c1-11(19)14-10-12(16)5-6-15(14)18-9-7-13-4-2-3-8-17-13/h2-6,8,10,18H,7,9,16H2,1H3. The Kier molecular flexibility index (Phi) is 4.13. The molecule has 19 heavy (non-hydrogen) atoms. The largest absolute Gasteiger partial charge is 0.399 e. The first-order valence-electron chi connectivity index (χ1n) is 6.21. The Bertz CT molecular complexity index is 567. The number of benzene rings is 1. The number of nitrogens with two attached hydrogens (primary N) is 1. The molecule has 0 fully saturated rings. The molecule has 3 N–H and O–H groups in total. The Hall–Kier alpha value is -2.36. The molecule has 0 atom stereocenters. The first kappa shape index (κ1) is 13.1. The Morgan fingerprint density at radius 1 is 1.32 bits per heavy atom. The third kappa shape index (κ3) is 3.55. The molecule has 1 aromatic heterocycles. The summed E-state index contributed by atoms with van der Waals surface area (Å²) in [6.07, 6.45) is 2.59. The maximum absolute atomic E-state index is 11.5. The number of pyridine rings is 1. The van der Waals surface area contributed by atoms with Gasteiger partial charge in [0.25, 0.3) is 0 Å². The smallest absolute Gasteiger partial charge is 0.161 e. The van der Waals surface area contributed by atoms with Crippen molar-refractivity contribution in [3.05, 3.63) is 53.9 Å². The zero-order valence-corrected chi connectivity index (χ0v) is 10.9. The fourth-order valence-corrected chi connectivity index (χ4v) is 1.88. The molecule has 0 aliphatic carbocycles. The molecule has 4 heteroatoms. The zero-order valence-electron chi connectivity index (χ0n) is 10.9. The molecule has 0 saturated heterocycles. The van der Waals surface area contributed by atoms with Crippen molar-refractivity contribution in [3.63, 3.8) is 0 Å². The summed E-state index contributed by atoms with van der Waals surface area (Å²) in [5.41, 5.74) is 8.76. The van der Waals surface area contributed by atoms with Crippen LogP contribution in [0.5, 0.6) is 0 Å². The molecule has 1 aromatic carbocycles. The van der Waals surface area contributed by atoms with E-state index in [-0.39, 0.29) is 5.78 Å². The Balaban J connectivity index is 2.02. The van der Waals surface area contributed by atoms with Crippen molar-refractivity contribution in [2.75, 3.05) is 17.6 Å². The second-order valence-corrected chi connectivity index (χ2v) is 4.36. The molecule has 2 aromatic rings. The van der Waals surface area contributed by atoms with Gasteiger partial charge in [-0.1, -0.05) is 6.07 Å². The van der Waals surface area contributed by atoms with Crippen LogP contribution in [0.4, 0.5) is 11.4 Å². The third-order valence-corrected chi connectivity index (χ3v) is 2.85.